The third-order valence-corrected chi connectivity index (χ3v) is 6.00. The Morgan fingerprint density at radius 1 is 1.37 bits per heavy atom. The summed E-state index contributed by atoms with van der Waals surface area (Å²) in [6, 6.07) is 8.00. The lowest BCUT2D eigenvalue weighted by molar-refractivity contribution is -0.407. The molecule has 1 aromatic heterocycles. The number of aromatic amines is 1. The molecule has 0 saturated carbocycles. The number of benzene rings is 1. The number of rotatable bonds is 7. The van der Waals surface area contributed by atoms with Crippen LogP contribution in [0, 0.1) is 5.92 Å². The number of guanidine groups is 1. The second kappa shape index (κ2) is 8.22. The van der Waals surface area contributed by atoms with Gasteiger partial charge < -0.3 is 21.8 Å². The van der Waals surface area contributed by atoms with E-state index in [0.717, 1.165) is 53.0 Å². The van der Waals surface area contributed by atoms with Crippen LogP contribution in [0.2, 0.25) is 0 Å². The monoisotopic (exact) mass is 408 g/mol. The van der Waals surface area contributed by atoms with Crippen molar-refractivity contribution >= 4 is 28.5 Å². The average molecular weight is 409 g/mol. The molecule has 1 amide bonds. The Hall–Kier alpha value is -3.29. The average Bonchev–Trinajstić information content (AvgIpc) is 3.32. The van der Waals surface area contributed by atoms with Crippen molar-refractivity contribution in [2.75, 3.05) is 13.1 Å². The van der Waals surface area contributed by atoms with Gasteiger partial charge in [0, 0.05) is 30.1 Å². The number of carbonyl (C=O) groups excluding carboxylic acids is 1. The number of amides is 1. The highest BCUT2D eigenvalue weighted by atomic mass is 16.2. The zero-order valence-corrected chi connectivity index (χ0v) is 17.5. The normalized spacial score (nSPS) is 19.5. The van der Waals surface area contributed by atoms with Crippen molar-refractivity contribution in [2.45, 2.75) is 39.2 Å². The fourth-order valence-electron chi connectivity index (χ4n) is 4.15. The lowest BCUT2D eigenvalue weighted by Crippen LogP contribution is -2.76. The number of hydrogen-bond donors (Lipinski definition) is 5. The molecule has 7 N–H and O–H groups in total. The summed E-state index contributed by atoms with van der Waals surface area (Å²) >= 11 is 0. The fraction of sp³-hybridized carbons (Fsp3) is 0.409. The molecule has 0 bridgehead atoms. The van der Waals surface area contributed by atoms with E-state index in [1.165, 1.54) is 0 Å². The van der Waals surface area contributed by atoms with E-state index in [1.807, 2.05) is 23.2 Å². The van der Waals surface area contributed by atoms with Crippen LogP contribution in [0.15, 0.2) is 47.0 Å². The highest BCUT2D eigenvalue weighted by molar-refractivity contribution is 6.10. The highest BCUT2D eigenvalue weighted by Crippen LogP contribution is 2.26. The maximum atomic E-state index is 13.2. The second-order valence-corrected chi connectivity index (χ2v) is 8.02. The largest absolute Gasteiger partial charge is 0.370 e. The highest BCUT2D eigenvalue weighted by Gasteiger charge is 2.44. The number of para-hydroxylation sites is 1. The molecular formula is C22H30N7O+. The topological polar surface area (TPSA) is 126 Å². The Labute approximate surface area is 176 Å². The smallest absolute Gasteiger partial charge is 0.251 e. The molecule has 3 heterocycles. The molecule has 2 atom stereocenters. The first-order chi connectivity index (χ1) is 14.5. The molecule has 1 aromatic carbocycles. The molecule has 2 aromatic rings. The van der Waals surface area contributed by atoms with Crippen LogP contribution in [-0.2, 0) is 4.79 Å². The van der Waals surface area contributed by atoms with E-state index in [1.54, 1.807) is 0 Å². The summed E-state index contributed by atoms with van der Waals surface area (Å²) in [5, 5.41) is 4.62. The summed E-state index contributed by atoms with van der Waals surface area (Å²) in [4.78, 5) is 26.1. The van der Waals surface area contributed by atoms with E-state index in [4.69, 9.17) is 11.5 Å². The third-order valence-electron chi connectivity index (χ3n) is 6.00. The summed E-state index contributed by atoms with van der Waals surface area (Å²) < 4.78 is 0. The number of aliphatic imine (C=N–C) groups is 1. The standard InChI is InChI=1S/C22H29N7O/c1-3-13(2)19-21(30)29-12-18(15-11-26-16-8-5-4-7-14(15)16)27-17(20(29)28-19)9-6-10-25-22(23)24/h4-5,7-8,11,13,19,26,28H,3,6,9-10,12H2,1-2H3,(H4,23,24,25)/p+1/t13-,19?/m0/s1. The van der Waals surface area contributed by atoms with Gasteiger partial charge in [0.1, 0.15) is 12.6 Å². The lowest BCUT2D eigenvalue weighted by Gasteiger charge is -2.20. The van der Waals surface area contributed by atoms with Crippen molar-refractivity contribution < 1.29 is 9.79 Å². The number of nitrogens with zero attached hydrogens (tertiary/aromatic N) is 2. The van der Waals surface area contributed by atoms with Gasteiger partial charge in [0.05, 0.1) is 5.56 Å². The maximum absolute atomic E-state index is 13.2. The minimum Gasteiger partial charge on any atom is -0.370 e. The Bertz CT molecular complexity index is 1040. The molecule has 1 fully saturated rings. The van der Waals surface area contributed by atoms with Crippen molar-refractivity contribution in [1.82, 2.24) is 15.2 Å². The van der Waals surface area contributed by atoms with Crippen LogP contribution in [-0.4, -0.2) is 46.6 Å². The second-order valence-electron chi connectivity index (χ2n) is 8.02. The molecule has 0 radical (unpaired) electrons. The number of H-pyrrole nitrogens is 1. The van der Waals surface area contributed by atoms with Crippen molar-refractivity contribution in [3.05, 3.63) is 47.5 Å². The number of allylic oxidation sites excluding steroid dienone is 1. The first kappa shape index (κ1) is 20.0. The van der Waals surface area contributed by atoms with Gasteiger partial charge in [-0.2, -0.15) is 0 Å². The van der Waals surface area contributed by atoms with Gasteiger partial charge in [-0.1, -0.05) is 38.5 Å². The Morgan fingerprint density at radius 2 is 2.17 bits per heavy atom. The molecular weight excluding hydrogens is 378 g/mol. The summed E-state index contributed by atoms with van der Waals surface area (Å²) in [7, 11) is 0. The van der Waals surface area contributed by atoms with Crippen LogP contribution in [0.3, 0.4) is 0 Å². The van der Waals surface area contributed by atoms with Gasteiger partial charge in [0.25, 0.3) is 5.91 Å². The fourth-order valence-corrected chi connectivity index (χ4v) is 4.15. The lowest BCUT2D eigenvalue weighted by atomic mass is 9.99. The Balaban J connectivity index is 1.68. The van der Waals surface area contributed by atoms with Gasteiger partial charge in [-0.05, 0) is 18.4 Å². The van der Waals surface area contributed by atoms with Crippen molar-refractivity contribution in [2.24, 2.45) is 22.4 Å². The summed E-state index contributed by atoms with van der Waals surface area (Å²) in [6.45, 7) is 5.30. The van der Waals surface area contributed by atoms with Crippen LogP contribution in [0.25, 0.3) is 10.9 Å². The van der Waals surface area contributed by atoms with E-state index in [9.17, 15) is 4.79 Å². The van der Waals surface area contributed by atoms with Crippen LogP contribution in [0.5, 0.6) is 0 Å². The zero-order valence-electron chi connectivity index (χ0n) is 17.5. The number of carbonyl (C=O) groups is 1. The summed E-state index contributed by atoms with van der Waals surface area (Å²) in [5.74, 6) is 1.39. The predicted molar refractivity (Wildman–Crippen MR) is 118 cm³/mol. The minimum absolute atomic E-state index is 0.0999. The molecule has 2 aliphatic rings. The predicted octanol–water partition coefficient (Wildman–Crippen LogP) is 0.120. The van der Waals surface area contributed by atoms with Crippen molar-refractivity contribution in [3.8, 4) is 0 Å². The molecule has 30 heavy (non-hydrogen) atoms. The van der Waals surface area contributed by atoms with Crippen LogP contribution in [0.4, 0.5) is 0 Å². The van der Waals surface area contributed by atoms with E-state index < -0.39 is 0 Å². The molecule has 0 aliphatic carbocycles. The van der Waals surface area contributed by atoms with Crippen molar-refractivity contribution in [3.63, 3.8) is 0 Å². The molecule has 4 rings (SSSR count). The van der Waals surface area contributed by atoms with Crippen LogP contribution < -0.4 is 21.8 Å². The number of hydrogen-bond acceptors (Lipinski definition) is 3. The molecule has 2 aliphatic heterocycles. The van der Waals surface area contributed by atoms with Gasteiger partial charge in [0.2, 0.25) is 11.4 Å². The van der Waals surface area contributed by atoms with E-state index in [2.05, 4.69) is 46.3 Å². The minimum atomic E-state index is -0.193. The number of nitrogens with one attached hydrogen (secondary N) is 3. The van der Waals surface area contributed by atoms with E-state index in [0.29, 0.717) is 13.1 Å². The maximum Gasteiger partial charge on any atom is 0.251 e. The third kappa shape index (κ3) is 3.65. The number of nitrogens with two attached hydrogens (primary N) is 2. The van der Waals surface area contributed by atoms with E-state index >= 15 is 0 Å². The SMILES string of the molecule is CC[C@H](C)C1NC2=C(CCCN=C(N)N)[NH+]=C(c3c[nH]c4ccccc34)CN2C1=O. The molecule has 158 valence electrons. The first-order valence-electron chi connectivity index (χ1n) is 10.5. The number of aromatic nitrogens is 1. The van der Waals surface area contributed by atoms with Gasteiger partial charge in [-0.3, -0.25) is 14.7 Å². The Kier molecular flexibility index (Phi) is 5.48. The van der Waals surface area contributed by atoms with Gasteiger partial charge >= 0.3 is 0 Å². The van der Waals surface area contributed by atoms with Crippen molar-refractivity contribution in [1.29, 1.82) is 0 Å². The Morgan fingerprint density at radius 3 is 2.93 bits per heavy atom. The van der Waals surface area contributed by atoms with Gasteiger partial charge in [0.15, 0.2) is 11.8 Å². The molecule has 8 heteroatoms. The molecule has 8 nitrogen and oxygen atoms in total. The summed E-state index contributed by atoms with van der Waals surface area (Å²) in [5.41, 5.74) is 15.1. The number of fused-ring (bicyclic) bond motifs is 2. The van der Waals surface area contributed by atoms with Gasteiger partial charge in [-0.15, -0.1) is 0 Å². The first-order valence-corrected chi connectivity index (χ1v) is 10.5. The van der Waals surface area contributed by atoms with Gasteiger partial charge in [-0.25, -0.2) is 4.99 Å². The zero-order chi connectivity index (χ0) is 21.3. The summed E-state index contributed by atoms with van der Waals surface area (Å²) in [6.07, 6.45) is 4.47. The molecule has 0 spiro atoms. The van der Waals surface area contributed by atoms with Crippen LogP contribution in [0.1, 0.15) is 38.7 Å². The van der Waals surface area contributed by atoms with Crippen LogP contribution >= 0.6 is 0 Å². The molecule has 1 unspecified atom stereocenters. The van der Waals surface area contributed by atoms with E-state index in [-0.39, 0.29) is 23.8 Å². The quantitative estimate of drug-likeness (QED) is 0.253. The molecule has 1 saturated heterocycles.